The molecule has 72 heavy (non-hydrogen) atoms. The maximum absolute atomic E-state index is 14.5. The minimum atomic E-state index is -4.74. The van der Waals surface area contributed by atoms with E-state index in [1.54, 1.807) is 38.1 Å². The number of carbonyl (C=O) groups is 4. The zero-order valence-corrected chi connectivity index (χ0v) is 39.5. The highest BCUT2D eigenvalue weighted by atomic mass is 19.4. The van der Waals surface area contributed by atoms with E-state index in [2.05, 4.69) is 10.3 Å². The van der Waals surface area contributed by atoms with Gasteiger partial charge in [0.1, 0.15) is 0 Å². The number of ether oxygens (including phenoxy) is 2. The topological polar surface area (TPSA) is 198 Å². The normalized spacial score (nSPS) is 16.7. The van der Waals surface area contributed by atoms with Gasteiger partial charge in [-0.3, -0.25) is 14.8 Å². The number of hydrogen-bond donors (Lipinski definition) is 2. The van der Waals surface area contributed by atoms with Crippen LogP contribution >= 0.6 is 0 Å². The predicted molar refractivity (Wildman–Crippen MR) is 252 cm³/mol. The molecule has 0 fully saturated rings. The highest BCUT2D eigenvalue weighted by Gasteiger charge is 2.45. The van der Waals surface area contributed by atoms with Gasteiger partial charge in [0.05, 0.1) is 82.2 Å². The number of nitriles is 2. The van der Waals surface area contributed by atoms with Crippen molar-refractivity contribution in [2.24, 2.45) is 10.7 Å². The lowest BCUT2D eigenvalue weighted by Crippen LogP contribution is -2.51. The van der Waals surface area contributed by atoms with Gasteiger partial charge in [-0.2, -0.15) is 36.9 Å². The molecule has 0 radical (unpaired) electrons. The van der Waals surface area contributed by atoms with Crippen LogP contribution in [0, 0.1) is 22.7 Å². The van der Waals surface area contributed by atoms with Crippen LogP contribution in [0.3, 0.4) is 0 Å². The van der Waals surface area contributed by atoms with E-state index in [0.717, 1.165) is 46.2 Å². The van der Waals surface area contributed by atoms with Gasteiger partial charge < -0.3 is 30.3 Å². The van der Waals surface area contributed by atoms with Crippen molar-refractivity contribution in [3.05, 3.63) is 153 Å². The molecule has 0 saturated carbocycles. The zero-order chi connectivity index (χ0) is 52.5. The van der Waals surface area contributed by atoms with Crippen LogP contribution in [-0.2, 0) is 31.4 Å². The van der Waals surface area contributed by atoms with Crippen LogP contribution in [0.4, 0.5) is 47.3 Å². The molecule has 2 aliphatic rings. The number of benzene rings is 4. The van der Waals surface area contributed by atoms with E-state index in [1.807, 2.05) is 12.1 Å². The maximum atomic E-state index is 14.5. The lowest BCUT2D eigenvalue weighted by atomic mass is 9.92. The number of nitrogens with two attached hydrogens (primary N) is 1. The molecule has 4 amide bonds. The number of nitrogens with zero attached hydrogens (tertiary/aromatic N) is 7. The first-order chi connectivity index (χ1) is 34.2. The van der Waals surface area contributed by atoms with E-state index in [4.69, 9.17) is 15.2 Å². The predicted octanol–water partition coefficient (Wildman–Crippen LogP) is 9.49. The number of carbonyl (C=O) groups excluding carboxylic acids is 4. The second kappa shape index (κ2) is 22.6. The Kier molecular flexibility index (Phi) is 16.7. The van der Waals surface area contributed by atoms with Gasteiger partial charge in [-0.05, 0) is 112 Å². The summed E-state index contributed by atoms with van der Waals surface area (Å²) in [5.41, 5.74) is 5.43. The summed E-state index contributed by atoms with van der Waals surface area (Å²) < 4.78 is 94.2. The number of nitrogens with one attached hydrogen (secondary N) is 1. The zero-order valence-electron chi connectivity index (χ0n) is 39.5. The van der Waals surface area contributed by atoms with Crippen LogP contribution in [0.1, 0.15) is 86.0 Å². The van der Waals surface area contributed by atoms with Gasteiger partial charge in [-0.15, -0.1) is 0 Å². The molecule has 4 aromatic carbocycles. The van der Waals surface area contributed by atoms with Crippen LogP contribution in [-0.4, -0.2) is 79.2 Å². The number of anilines is 2. The Morgan fingerprint density at radius 3 is 1.44 bits per heavy atom. The number of esters is 2. The number of guanidine groups is 1. The number of rotatable bonds is 16. The fourth-order valence-corrected chi connectivity index (χ4v) is 8.49. The molecule has 3 N–H and O–H groups in total. The number of alkyl halides is 6. The number of amides is 4. The summed E-state index contributed by atoms with van der Waals surface area (Å²) in [5, 5.41) is 21.9. The number of urea groups is 2. The molecule has 0 bridgehead atoms. The molecule has 376 valence electrons. The van der Waals surface area contributed by atoms with Crippen LogP contribution in [0.25, 0.3) is 0 Å². The summed E-state index contributed by atoms with van der Waals surface area (Å²) >= 11 is 0. The van der Waals surface area contributed by atoms with Gasteiger partial charge >= 0.3 is 36.4 Å². The average molecular weight is 998 g/mol. The summed E-state index contributed by atoms with van der Waals surface area (Å²) in [4.78, 5) is 65.6. The molecular formula is C51H49F6N9O6. The van der Waals surface area contributed by atoms with E-state index in [1.165, 1.54) is 60.0 Å². The summed E-state index contributed by atoms with van der Waals surface area (Å²) in [6.07, 6.45) is -9.21. The van der Waals surface area contributed by atoms with Crippen molar-refractivity contribution < 1.29 is 55.0 Å². The molecule has 21 heteroatoms. The van der Waals surface area contributed by atoms with Crippen LogP contribution < -0.4 is 20.9 Å². The third-order valence-corrected chi connectivity index (χ3v) is 11.8. The fraction of sp³-hybridized carbons (Fsp3) is 0.314. The molecule has 0 unspecified atom stereocenters. The van der Waals surface area contributed by atoms with Gasteiger partial charge in [0, 0.05) is 37.6 Å². The highest BCUT2D eigenvalue weighted by molar-refractivity contribution is 6.04. The quantitative estimate of drug-likeness (QED) is 0.0359. The second-order valence-electron chi connectivity index (χ2n) is 16.3. The number of hydrogen-bond acceptors (Lipinski definition) is 9. The first kappa shape index (κ1) is 53.0. The maximum Gasteiger partial charge on any atom is 0.416 e. The third-order valence-electron chi connectivity index (χ3n) is 11.8. The first-order valence-corrected chi connectivity index (χ1v) is 22.6. The van der Waals surface area contributed by atoms with Crippen molar-refractivity contribution in [2.75, 3.05) is 49.2 Å². The molecular weight excluding hydrogens is 949 g/mol. The molecule has 15 nitrogen and oxygen atoms in total. The molecule has 2 atom stereocenters. The molecule has 2 heterocycles. The molecule has 0 aromatic heterocycles. The highest BCUT2D eigenvalue weighted by Crippen LogP contribution is 2.43. The van der Waals surface area contributed by atoms with E-state index in [-0.39, 0.29) is 92.1 Å². The Morgan fingerprint density at radius 1 is 0.667 bits per heavy atom. The Morgan fingerprint density at radius 2 is 1.07 bits per heavy atom. The number of halogens is 6. The van der Waals surface area contributed by atoms with E-state index in [9.17, 15) is 56.0 Å². The van der Waals surface area contributed by atoms with Gasteiger partial charge in [0.2, 0.25) is 0 Å². The summed E-state index contributed by atoms with van der Waals surface area (Å²) in [6.45, 7) is 5.84. The van der Waals surface area contributed by atoms with Crippen molar-refractivity contribution in [1.29, 1.82) is 10.5 Å². The summed E-state index contributed by atoms with van der Waals surface area (Å²) in [5.74, 6) is -1.68. The SMILES string of the molecule is CCOC(=O)C1=C(C)N(c2cccc(C(F)(F)F)c2)C(=O)N(CCCN=C(N)NCCCN2C(=O)N(c3cccc(C(F)(F)F)c3)C(C)=C(C(=O)OCC)[C@H]2c2ccc(C#N)cc2)[C@@H]1c1ccc(C#N)cc1. The average Bonchev–Trinajstić information content (AvgIpc) is 3.34. The van der Waals surface area contributed by atoms with Gasteiger partial charge in [0.15, 0.2) is 5.96 Å². The first-order valence-electron chi connectivity index (χ1n) is 22.6. The standard InChI is InChI=1S/C51H49F6N9O6/c1-5-71-45(67)41-31(3)65(39-13-7-11-37(27-39)50(52,53)54)48(69)63(43(41)35-19-15-33(29-58)16-20-35)25-9-23-61-47(60)62-24-10-26-64-44(36-21-17-34(30-59)18-22-36)42(46(68)72-6-2)32(4)66(49(64)70)40-14-8-12-38(28-40)51(55,56)57/h7-8,11-22,27-28,43-44H,5-6,9-10,23-26H2,1-4H3,(H3,60,61,62)/t43-,44-/m1/s1. The van der Waals surface area contributed by atoms with E-state index in [0.29, 0.717) is 22.3 Å². The second-order valence-corrected chi connectivity index (χ2v) is 16.3. The molecule has 0 saturated heterocycles. The van der Waals surface area contributed by atoms with Gasteiger partial charge in [0.25, 0.3) is 0 Å². The largest absolute Gasteiger partial charge is 0.463 e. The van der Waals surface area contributed by atoms with Crippen molar-refractivity contribution in [3.8, 4) is 12.1 Å². The van der Waals surface area contributed by atoms with Crippen LogP contribution in [0.15, 0.2) is 125 Å². The van der Waals surface area contributed by atoms with Gasteiger partial charge in [-0.1, -0.05) is 36.4 Å². The number of aliphatic imine (C=N–C) groups is 1. The summed E-state index contributed by atoms with van der Waals surface area (Å²) in [7, 11) is 0. The van der Waals surface area contributed by atoms with E-state index < -0.39 is 59.6 Å². The van der Waals surface area contributed by atoms with E-state index >= 15 is 0 Å². The molecule has 0 spiro atoms. The van der Waals surface area contributed by atoms with Crippen molar-refractivity contribution in [1.82, 2.24) is 15.1 Å². The summed E-state index contributed by atoms with van der Waals surface area (Å²) in [6, 6.07) is 20.9. The van der Waals surface area contributed by atoms with Crippen LogP contribution in [0.2, 0.25) is 0 Å². The molecule has 2 aliphatic heterocycles. The van der Waals surface area contributed by atoms with Crippen molar-refractivity contribution >= 4 is 41.3 Å². The Balaban J connectivity index is 1.24. The fourth-order valence-electron chi connectivity index (χ4n) is 8.49. The van der Waals surface area contributed by atoms with Crippen molar-refractivity contribution in [2.45, 2.75) is 65.0 Å². The smallest absolute Gasteiger partial charge is 0.416 e. The van der Waals surface area contributed by atoms with Crippen LogP contribution in [0.5, 0.6) is 0 Å². The Bertz CT molecular complexity index is 2870. The molecule has 0 aliphatic carbocycles. The minimum Gasteiger partial charge on any atom is -0.463 e. The Hall–Kier alpha value is -8.33. The van der Waals surface area contributed by atoms with Crippen molar-refractivity contribution in [3.63, 3.8) is 0 Å². The lowest BCUT2D eigenvalue weighted by molar-refractivity contribution is -0.140. The Labute approximate surface area is 411 Å². The molecule has 6 rings (SSSR count). The lowest BCUT2D eigenvalue weighted by Gasteiger charge is -2.43. The molecule has 4 aromatic rings. The minimum absolute atomic E-state index is 0.00596. The monoisotopic (exact) mass is 997 g/mol. The third kappa shape index (κ3) is 11.6. The number of allylic oxidation sites excluding steroid dienone is 2. The van der Waals surface area contributed by atoms with Gasteiger partial charge in [-0.25, -0.2) is 19.2 Å².